The zero-order chi connectivity index (χ0) is 37.4. The summed E-state index contributed by atoms with van der Waals surface area (Å²) in [5.74, 6) is -1.55. The van der Waals surface area contributed by atoms with Crippen LogP contribution < -0.4 is 4.72 Å². The molecule has 2 aliphatic heterocycles. The molecule has 272 valence electrons. The van der Waals surface area contributed by atoms with Gasteiger partial charge < -0.3 is 14.8 Å². The molecule has 4 aromatic rings. The smallest absolute Gasteiger partial charge is 0.435 e. The maximum absolute atomic E-state index is 13.5. The van der Waals surface area contributed by atoms with E-state index in [9.17, 15) is 41.2 Å². The largest absolute Gasteiger partial charge is 0.569 e. The highest BCUT2D eigenvalue weighted by Gasteiger charge is 2.40. The summed E-state index contributed by atoms with van der Waals surface area (Å²) < 4.78 is 74.4. The number of amides is 3. The van der Waals surface area contributed by atoms with Gasteiger partial charge in [-0.05, 0) is 62.7 Å². The molecule has 0 saturated carbocycles. The molecule has 2 aliphatic rings. The van der Waals surface area contributed by atoms with Gasteiger partial charge in [0.15, 0.2) is 5.69 Å². The SMILES string of the molecule is Cc1ccc(-c2cc(C(F)(F)F)nn2-c2ccc(S(=O)(=O)NC(=O)OCC3CCN(/[N+]([O-])=N\OC(C)N4C(=O)c5ccccc5C4=O)C3)cc2)cc1. The number of fused-ring (bicyclic) bond motifs is 1. The average Bonchev–Trinajstić information content (AvgIpc) is 3.84. The molecule has 0 spiro atoms. The lowest BCUT2D eigenvalue weighted by atomic mass is 10.1. The van der Waals surface area contributed by atoms with Crippen LogP contribution in [-0.2, 0) is 25.8 Å². The minimum Gasteiger partial charge on any atom is -0.569 e. The fourth-order valence-electron chi connectivity index (χ4n) is 5.65. The van der Waals surface area contributed by atoms with Gasteiger partial charge in [0.05, 0.1) is 52.1 Å². The topological polar surface area (TPSA) is 179 Å². The number of benzene rings is 3. The first-order valence-corrected chi connectivity index (χ1v) is 17.2. The van der Waals surface area contributed by atoms with E-state index in [4.69, 9.17) is 9.57 Å². The van der Waals surface area contributed by atoms with Crippen LogP contribution in [0.25, 0.3) is 16.9 Å². The van der Waals surface area contributed by atoms with E-state index in [-0.39, 0.29) is 58.0 Å². The van der Waals surface area contributed by atoms with E-state index < -0.39 is 46.0 Å². The van der Waals surface area contributed by atoms with Gasteiger partial charge in [-0.3, -0.25) is 9.59 Å². The van der Waals surface area contributed by atoms with Crippen LogP contribution in [0.5, 0.6) is 0 Å². The zero-order valence-corrected chi connectivity index (χ0v) is 28.3. The van der Waals surface area contributed by atoms with Crippen LogP contribution in [0.4, 0.5) is 18.0 Å². The maximum Gasteiger partial charge on any atom is 0.435 e. The van der Waals surface area contributed by atoms with Gasteiger partial charge in [-0.15, -0.1) is 5.01 Å². The standard InChI is InChI=1S/C33H30F3N7O8S/c1-20-7-9-23(10-8-20)28-17-29(33(34,35)36)37-42(28)24-11-13-25(14-12-24)52(48,49)38-32(46)50-19-22-15-16-40(18-22)43(47)39-51-21(2)41-30(44)26-5-3-4-6-27(26)31(41)45/h3-14,17,21-22H,15-16,18-19H2,1-2H3,(H,38,46)/b43-39+. The van der Waals surface area contributed by atoms with Crippen molar-refractivity contribution in [3.8, 4) is 16.9 Å². The summed E-state index contributed by atoms with van der Waals surface area (Å²) in [4.78, 5) is 43.4. The number of aryl methyl sites for hydroxylation is 1. The zero-order valence-electron chi connectivity index (χ0n) is 27.5. The summed E-state index contributed by atoms with van der Waals surface area (Å²) in [6.45, 7) is 3.21. The van der Waals surface area contributed by atoms with Crippen LogP contribution in [0.15, 0.2) is 89.0 Å². The summed E-state index contributed by atoms with van der Waals surface area (Å²) >= 11 is 0. The Kier molecular flexibility index (Phi) is 9.63. The van der Waals surface area contributed by atoms with Crippen LogP contribution in [0.2, 0.25) is 0 Å². The van der Waals surface area contributed by atoms with Crippen molar-refractivity contribution in [1.29, 1.82) is 0 Å². The van der Waals surface area contributed by atoms with Crippen molar-refractivity contribution in [3.63, 3.8) is 0 Å². The lowest BCUT2D eigenvalue weighted by molar-refractivity contribution is -0.709. The molecule has 0 radical (unpaired) electrons. The van der Waals surface area contributed by atoms with Crippen molar-refractivity contribution in [3.05, 3.63) is 106 Å². The molecule has 1 N–H and O–H groups in total. The van der Waals surface area contributed by atoms with Gasteiger partial charge in [-0.1, -0.05) is 42.0 Å². The van der Waals surface area contributed by atoms with E-state index in [2.05, 4.69) is 10.4 Å². The van der Waals surface area contributed by atoms with Gasteiger partial charge in [-0.2, -0.15) is 18.3 Å². The Labute approximate surface area is 294 Å². The molecular weight excluding hydrogens is 711 g/mol. The van der Waals surface area contributed by atoms with Gasteiger partial charge in [0.2, 0.25) is 11.5 Å². The monoisotopic (exact) mass is 741 g/mol. The maximum atomic E-state index is 13.5. The third-order valence-electron chi connectivity index (χ3n) is 8.37. The molecule has 1 fully saturated rings. The Morgan fingerprint density at radius 1 is 1.06 bits per heavy atom. The minimum absolute atomic E-state index is 0.0628. The van der Waals surface area contributed by atoms with Crippen LogP contribution >= 0.6 is 0 Å². The van der Waals surface area contributed by atoms with E-state index in [1.54, 1.807) is 41.1 Å². The lowest BCUT2D eigenvalue weighted by Gasteiger charge is -2.19. The number of hydrogen-bond acceptors (Lipinski definition) is 10. The number of nitrogens with one attached hydrogen (secondary N) is 1. The molecule has 3 aromatic carbocycles. The Hall–Kier alpha value is -5.98. The summed E-state index contributed by atoms with van der Waals surface area (Å²) in [5.41, 5.74) is 0.923. The van der Waals surface area contributed by atoms with Crippen LogP contribution in [0.3, 0.4) is 0 Å². The number of carbonyl (C=O) groups is 3. The molecule has 0 bridgehead atoms. The second-order valence-corrected chi connectivity index (χ2v) is 13.7. The van der Waals surface area contributed by atoms with Gasteiger partial charge in [0.1, 0.15) is 0 Å². The molecule has 3 heterocycles. The third-order valence-corrected chi connectivity index (χ3v) is 9.70. The van der Waals surface area contributed by atoms with Crippen molar-refractivity contribution in [2.45, 2.75) is 37.6 Å². The highest BCUT2D eigenvalue weighted by atomic mass is 32.2. The number of carbonyl (C=O) groups excluding carboxylic acids is 3. The fourth-order valence-corrected chi connectivity index (χ4v) is 6.54. The Balaban J connectivity index is 1.02. The van der Waals surface area contributed by atoms with Crippen molar-refractivity contribution >= 4 is 27.9 Å². The highest BCUT2D eigenvalue weighted by Crippen LogP contribution is 2.33. The Bertz CT molecular complexity index is 2120. The van der Waals surface area contributed by atoms with E-state index in [1.807, 2.05) is 6.92 Å². The molecule has 2 atom stereocenters. The van der Waals surface area contributed by atoms with E-state index in [1.165, 1.54) is 36.2 Å². The molecule has 15 nitrogen and oxygen atoms in total. The highest BCUT2D eigenvalue weighted by molar-refractivity contribution is 7.90. The molecular formula is C33H30F3N7O8S. The Morgan fingerprint density at radius 2 is 1.69 bits per heavy atom. The molecule has 1 aromatic heterocycles. The first-order chi connectivity index (χ1) is 24.6. The van der Waals surface area contributed by atoms with E-state index >= 15 is 0 Å². The average molecular weight is 742 g/mol. The van der Waals surface area contributed by atoms with Gasteiger partial charge in [0.25, 0.3) is 21.8 Å². The number of aromatic nitrogens is 2. The second-order valence-electron chi connectivity index (χ2n) is 12.0. The number of hydrogen-bond donors (Lipinski definition) is 1. The number of alkyl halides is 3. The van der Waals surface area contributed by atoms with Gasteiger partial charge in [0, 0.05) is 11.5 Å². The van der Waals surface area contributed by atoms with E-state index in [0.29, 0.717) is 12.0 Å². The third kappa shape index (κ3) is 7.39. The minimum atomic E-state index is -4.72. The van der Waals surface area contributed by atoms with Gasteiger partial charge in [-0.25, -0.2) is 27.5 Å². The number of halogens is 3. The normalized spacial score (nSPS) is 16.9. The summed E-state index contributed by atoms with van der Waals surface area (Å²) in [6.07, 6.45) is -6.82. The summed E-state index contributed by atoms with van der Waals surface area (Å²) in [6, 6.07) is 18.6. The molecule has 3 amide bonds. The second kappa shape index (κ2) is 14.0. The Morgan fingerprint density at radius 3 is 2.31 bits per heavy atom. The predicted molar refractivity (Wildman–Crippen MR) is 174 cm³/mol. The van der Waals surface area contributed by atoms with Crippen molar-refractivity contribution in [2.75, 3.05) is 19.7 Å². The fraction of sp³-hybridized carbons (Fsp3) is 0.273. The number of ether oxygens (including phenoxy) is 1. The first kappa shape index (κ1) is 35.8. The molecule has 52 heavy (non-hydrogen) atoms. The number of sulfonamides is 1. The summed E-state index contributed by atoms with van der Waals surface area (Å²) in [5, 5.41) is 20.9. The number of hydrazine groups is 1. The van der Waals surface area contributed by atoms with Gasteiger partial charge >= 0.3 is 12.3 Å². The van der Waals surface area contributed by atoms with Crippen LogP contribution in [-0.4, -0.2) is 76.9 Å². The summed E-state index contributed by atoms with van der Waals surface area (Å²) in [7, 11) is -4.45. The van der Waals surface area contributed by atoms with Crippen molar-refractivity contribution < 1.29 is 50.5 Å². The predicted octanol–water partition coefficient (Wildman–Crippen LogP) is 5.05. The molecule has 19 heteroatoms. The molecule has 0 aliphatic carbocycles. The van der Waals surface area contributed by atoms with Crippen LogP contribution in [0.1, 0.15) is 45.3 Å². The van der Waals surface area contributed by atoms with E-state index in [0.717, 1.165) is 33.3 Å². The number of nitrogens with zero attached hydrogens (tertiary/aromatic N) is 6. The molecule has 6 rings (SSSR count). The van der Waals surface area contributed by atoms with Crippen molar-refractivity contribution in [1.82, 2.24) is 24.4 Å². The molecule has 1 saturated heterocycles. The molecule has 2 unspecified atom stereocenters. The van der Waals surface area contributed by atoms with Crippen molar-refractivity contribution in [2.24, 2.45) is 11.2 Å². The lowest BCUT2D eigenvalue weighted by Crippen LogP contribution is -2.39. The number of rotatable bonds is 10. The van der Waals surface area contributed by atoms with Crippen LogP contribution in [0, 0.1) is 18.0 Å². The first-order valence-electron chi connectivity index (χ1n) is 15.7. The quantitative estimate of drug-likeness (QED) is 0.100. The number of imide groups is 1.